The Morgan fingerprint density at radius 2 is 1.84 bits per heavy atom. The molecule has 3 heteroatoms. The van der Waals surface area contributed by atoms with Crippen molar-refractivity contribution in [2.45, 2.75) is 20.0 Å². The smallest absolute Gasteiger partial charge is 0.150 e. The van der Waals surface area contributed by atoms with Crippen molar-refractivity contribution in [2.75, 3.05) is 0 Å². The number of carbonyl (C=O) groups is 1. The number of ether oxygens (including phenoxy) is 1. The summed E-state index contributed by atoms with van der Waals surface area (Å²) in [5.74, 6) is 0.208. The summed E-state index contributed by atoms with van der Waals surface area (Å²) < 4.78 is 19.7. The molecule has 2 rings (SSSR count). The first kappa shape index (κ1) is 13.3. The Labute approximate surface area is 111 Å². The van der Waals surface area contributed by atoms with Crippen molar-refractivity contribution >= 4 is 6.29 Å². The van der Waals surface area contributed by atoms with Gasteiger partial charge in [-0.25, -0.2) is 4.39 Å². The summed E-state index contributed by atoms with van der Waals surface area (Å²) in [6.07, 6.45) is 0.641. The van der Waals surface area contributed by atoms with Crippen LogP contribution in [0.4, 0.5) is 4.39 Å². The summed E-state index contributed by atoms with van der Waals surface area (Å²) in [7, 11) is 0. The summed E-state index contributed by atoms with van der Waals surface area (Å²) in [6.45, 7) is 3.84. The van der Waals surface area contributed by atoms with Crippen molar-refractivity contribution in [3.63, 3.8) is 0 Å². The number of hydrogen-bond acceptors (Lipinski definition) is 2. The molecule has 2 nitrogen and oxygen atoms in total. The highest BCUT2D eigenvalue weighted by Gasteiger charge is 2.11. The van der Waals surface area contributed by atoms with Gasteiger partial charge in [0.05, 0.1) is 6.10 Å². The second kappa shape index (κ2) is 5.65. The second-order valence-electron chi connectivity index (χ2n) is 4.52. The van der Waals surface area contributed by atoms with E-state index in [-0.39, 0.29) is 6.10 Å². The molecular formula is C16H15FO2. The van der Waals surface area contributed by atoms with E-state index >= 15 is 0 Å². The molecule has 0 heterocycles. The highest BCUT2D eigenvalue weighted by molar-refractivity contribution is 5.78. The van der Waals surface area contributed by atoms with E-state index in [1.807, 2.05) is 32.0 Å². The van der Waals surface area contributed by atoms with Gasteiger partial charge in [0.2, 0.25) is 0 Å². The highest BCUT2D eigenvalue weighted by Crippen LogP contribution is 2.32. The molecule has 0 aliphatic heterocycles. The van der Waals surface area contributed by atoms with E-state index < -0.39 is 5.82 Å². The van der Waals surface area contributed by atoms with Gasteiger partial charge in [0.15, 0.2) is 0 Å². The molecule has 0 saturated heterocycles. The third kappa shape index (κ3) is 2.99. The van der Waals surface area contributed by atoms with Crippen LogP contribution in [0.25, 0.3) is 11.1 Å². The highest BCUT2D eigenvalue weighted by atomic mass is 19.1. The predicted octanol–water partition coefficient (Wildman–Crippen LogP) is 4.09. The molecule has 0 aromatic heterocycles. The van der Waals surface area contributed by atoms with Crippen molar-refractivity contribution < 1.29 is 13.9 Å². The minimum absolute atomic E-state index is 0.0125. The second-order valence-corrected chi connectivity index (χ2v) is 4.52. The molecule has 0 amide bonds. The van der Waals surface area contributed by atoms with Crippen LogP contribution in [0.15, 0.2) is 42.5 Å². The largest absolute Gasteiger partial charge is 0.490 e. The van der Waals surface area contributed by atoms with Crippen molar-refractivity contribution in [1.29, 1.82) is 0 Å². The number of halogens is 1. The first-order valence-electron chi connectivity index (χ1n) is 6.12. The van der Waals surface area contributed by atoms with Crippen molar-refractivity contribution in [3.05, 3.63) is 53.8 Å². The van der Waals surface area contributed by atoms with Gasteiger partial charge >= 0.3 is 0 Å². The van der Waals surface area contributed by atoms with Gasteiger partial charge < -0.3 is 4.74 Å². The SMILES string of the molecule is CC(C)Oc1ccccc1-c1ccc(C=O)cc1F. The molecule has 0 radical (unpaired) electrons. The molecule has 2 aromatic rings. The van der Waals surface area contributed by atoms with Crippen LogP contribution in [0.5, 0.6) is 5.75 Å². The first-order chi connectivity index (χ1) is 9.11. The van der Waals surface area contributed by atoms with Crippen LogP contribution in [0.2, 0.25) is 0 Å². The molecule has 0 fully saturated rings. The molecule has 0 bridgehead atoms. The van der Waals surface area contributed by atoms with Gasteiger partial charge in [-0.3, -0.25) is 4.79 Å². The zero-order valence-corrected chi connectivity index (χ0v) is 10.9. The molecular weight excluding hydrogens is 243 g/mol. The van der Waals surface area contributed by atoms with Crippen LogP contribution in [0, 0.1) is 5.82 Å². The Morgan fingerprint density at radius 1 is 1.11 bits per heavy atom. The van der Waals surface area contributed by atoms with E-state index in [1.54, 1.807) is 18.2 Å². The first-order valence-corrected chi connectivity index (χ1v) is 6.12. The monoisotopic (exact) mass is 258 g/mol. The molecule has 0 atom stereocenters. The summed E-state index contributed by atoms with van der Waals surface area (Å²) in [6, 6.07) is 11.7. The summed E-state index contributed by atoms with van der Waals surface area (Å²) in [5, 5.41) is 0. The van der Waals surface area contributed by atoms with E-state index in [0.29, 0.717) is 28.7 Å². The van der Waals surface area contributed by atoms with Gasteiger partial charge in [-0.2, -0.15) is 0 Å². The van der Waals surface area contributed by atoms with Crippen LogP contribution in [0.3, 0.4) is 0 Å². The average molecular weight is 258 g/mol. The number of carbonyl (C=O) groups excluding carboxylic acids is 1. The lowest BCUT2D eigenvalue weighted by molar-refractivity contribution is 0.112. The molecule has 0 spiro atoms. The van der Waals surface area contributed by atoms with Gasteiger partial charge in [-0.15, -0.1) is 0 Å². The number of para-hydroxylation sites is 1. The zero-order chi connectivity index (χ0) is 13.8. The summed E-state index contributed by atoms with van der Waals surface area (Å²) in [4.78, 5) is 10.6. The van der Waals surface area contributed by atoms with Crippen molar-refractivity contribution in [3.8, 4) is 16.9 Å². The Balaban J connectivity index is 2.49. The van der Waals surface area contributed by atoms with Crippen molar-refractivity contribution in [2.24, 2.45) is 0 Å². The lowest BCUT2D eigenvalue weighted by Crippen LogP contribution is -2.06. The van der Waals surface area contributed by atoms with E-state index in [1.165, 1.54) is 6.07 Å². The Bertz CT molecular complexity index is 591. The van der Waals surface area contributed by atoms with Crippen LogP contribution < -0.4 is 4.74 Å². The maximum Gasteiger partial charge on any atom is 0.150 e. The lowest BCUT2D eigenvalue weighted by atomic mass is 10.0. The Kier molecular flexibility index (Phi) is 3.95. The zero-order valence-electron chi connectivity index (χ0n) is 10.9. The quantitative estimate of drug-likeness (QED) is 0.772. The van der Waals surface area contributed by atoms with Crippen LogP contribution >= 0.6 is 0 Å². The topological polar surface area (TPSA) is 26.3 Å². The fraction of sp³-hybridized carbons (Fsp3) is 0.188. The summed E-state index contributed by atoms with van der Waals surface area (Å²) in [5.41, 5.74) is 1.44. The molecule has 0 aliphatic carbocycles. The fourth-order valence-electron chi connectivity index (χ4n) is 1.87. The number of aldehydes is 1. The van der Waals surface area contributed by atoms with Gasteiger partial charge in [-0.05, 0) is 26.0 Å². The van der Waals surface area contributed by atoms with E-state index in [9.17, 15) is 9.18 Å². The van der Waals surface area contributed by atoms with Crippen LogP contribution in [0.1, 0.15) is 24.2 Å². The van der Waals surface area contributed by atoms with E-state index in [0.717, 1.165) is 0 Å². The third-order valence-electron chi connectivity index (χ3n) is 2.67. The predicted molar refractivity (Wildman–Crippen MR) is 73.0 cm³/mol. The minimum Gasteiger partial charge on any atom is -0.490 e. The maximum absolute atomic E-state index is 14.0. The minimum atomic E-state index is -0.426. The molecule has 0 N–H and O–H groups in total. The van der Waals surface area contributed by atoms with Gasteiger partial charge in [-0.1, -0.05) is 30.3 Å². The molecule has 19 heavy (non-hydrogen) atoms. The molecule has 0 saturated carbocycles. The maximum atomic E-state index is 14.0. The number of hydrogen-bond donors (Lipinski definition) is 0. The molecule has 0 aliphatic rings. The number of benzene rings is 2. The lowest BCUT2D eigenvalue weighted by Gasteiger charge is -2.14. The molecule has 2 aromatic carbocycles. The number of rotatable bonds is 4. The average Bonchev–Trinajstić information content (AvgIpc) is 2.39. The van der Waals surface area contributed by atoms with Gasteiger partial charge in [0, 0.05) is 16.7 Å². The molecule has 0 unspecified atom stereocenters. The Hall–Kier alpha value is -2.16. The van der Waals surface area contributed by atoms with Gasteiger partial charge in [0.1, 0.15) is 17.9 Å². The van der Waals surface area contributed by atoms with E-state index in [2.05, 4.69) is 0 Å². The Morgan fingerprint density at radius 3 is 2.47 bits per heavy atom. The molecule has 98 valence electrons. The van der Waals surface area contributed by atoms with Gasteiger partial charge in [0.25, 0.3) is 0 Å². The van der Waals surface area contributed by atoms with Crippen LogP contribution in [-0.2, 0) is 0 Å². The third-order valence-corrected chi connectivity index (χ3v) is 2.67. The normalized spacial score (nSPS) is 10.5. The van der Waals surface area contributed by atoms with Crippen molar-refractivity contribution in [1.82, 2.24) is 0 Å². The van der Waals surface area contributed by atoms with E-state index in [4.69, 9.17) is 4.74 Å². The summed E-state index contributed by atoms with van der Waals surface area (Å²) >= 11 is 0. The fourth-order valence-corrected chi connectivity index (χ4v) is 1.87. The standard InChI is InChI=1S/C16H15FO2/c1-11(2)19-16-6-4-3-5-14(16)13-8-7-12(10-18)9-15(13)17/h3-11H,1-2H3. The van der Waals surface area contributed by atoms with Crippen LogP contribution in [-0.4, -0.2) is 12.4 Å².